The molecule has 2 aromatic rings. The molecule has 32 heavy (non-hydrogen) atoms. The molecular formula is C24H28F3N3OS. The van der Waals surface area contributed by atoms with Gasteiger partial charge in [0.25, 0.3) is 0 Å². The minimum atomic E-state index is -4.70. The predicted molar refractivity (Wildman–Crippen MR) is 127 cm³/mol. The fourth-order valence-corrected chi connectivity index (χ4v) is 3.96. The van der Waals surface area contributed by atoms with Gasteiger partial charge in [-0.25, -0.2) is 0 Å². The van der Waals surface area contributed by atoms with Crippen molar-refractivity contribution >= 4 is 34.6 Å². The maximum Gasteiger partial charge on any atom is 0.431 e. The molecule has 0 aromatic heterocycles. The van der Waals surface area contributed by atoms with Crippen LogP contribution >= 0.6 is 11.8 Å². The fraction of sp³-hybridized carbons (Fsp3) is 0.292. The van der Waals surface area contributed by atoms with Crippen LogP contribution in [0.4, 0.5) is 13.2 Å². The van der Waals surface area contributed by atoms with E-state index >= 15 is 0 Å². The molecule has 8 heteroatoms. The third kappa shape index (κ3) is 6.09. The first-order valence-corrected chi connectivity index (χ1v) is 11.2. The van der Waals surface area contributed by atoms with Gasteiger partial charge in [-0.15, -0.1) is 11.8 Å². The lowest BCUT2D eigenvalue weighted by atomic mass is 10.0. The van der Waals surface area contributed by atoms with Crippen molar-refractivity contribution in [1.82, 2.24) is 15.5 Å². The van der Waals surface area contributed by atoms with Crippen molar-refractivity contribution in [3.63, 3.8) is 0 Å². The van der Waals surface area contributed by atoms with Crippen LogP contribution in [0.5, 0.6) is 0 Å². The van der Waals surface area contributed by atoms with E-state index in [2.05, 4.69) is 23.3 Å². The van der Waals surface area contributed by atoms with E-state index in [4.69, 9.17) is 0 Å². The third-order valence-electron chi connectivity index (χ3n) is 4.89. The summed E-state index contributed by atoms with van der Waals surface area (Å²) in [6.45, 7) is 9.17. The van der Waals surface area contributed by atoms with Crippen molar-refractivity contribution in [1.29, 1.82) is 0 Å². The Balaban J connectivity index is 2.56. The molecule has 0 saturated carbocycles. The Labute approximate surface area is 191 Å². The van der Waals surface area contributed by atoms with E-state index in [0.29, 0.717) is 16.3 Å². The minimum Gasteiger partial charge on any atom is -0.390 e. The molecule has 0 aliphatic heterocycles. The van der Waals surface area contributed by atoms with E-state index in [1.54, 1.807) is 25.7 Å². The number of halogens is 3. The lowest BCUT2D eigenvalue weighted by Crippen LogP contribution is -2.31. The highest BCUT2D eigenvalue weighted by Crippen LogP contribution is 2.33. The molecule has 0 unspecified atom stereocenters. The first-order valence-electron chi connectivity index (χ1n) is 10.2. The van der Waals surface area contributed by atoms with Crippen LogP contribution in [0.3, 0.4) is 0 Å². The molecule has 2 rings (SSSR count). The van der Waals surface area contributed by atoms with Gasteiger partial charge in [0, 0.05) is 35.4 Å². The molecule has 0 bridgehead atoms. The van der Waals surface area contributed by atoms with Crippen molar-refractivity contribution < 1.29 is 18.0 Å². The Morgan fingerprint density at radius 1 is 1.19 bits per heavy atom. The zero-order valence-electron chi connectivity index (χ0n) is 18.6. The number of nitrogens with one attached hydrogen (secondary N) is 2. The second kappa shape index (κ2) is 11.1. The number of carbonyl (C=O) groups is 1. The lowest BCUT2D eigenvalue weighted by Gasteiger charge is -2.23. The first-order chi connectivity index (χ1) is 15.2. The van der Waals surface area contributed by atoms with Gasteiger partial charge in [0.05, 0.1) is 5.70 Å². The SMILES string of the molecule is C=C(NC(/C=C(\N(C=O)CC)C(F)(F)F)=C(/C)NC)c1cc2ccccc2cc1SCC. The number of thioether (sulfide) groups is 1. The summed E-state index contributed by atoms with van der Waals surface area (Å²) in [5.74, 6) is 0.833. The topological polar surface area (TPSA) is 44.4 Å². The molecule has 1 amide bonds. The van der Waals surface area contributed by atoms with Gasteiger partial charge in [0.15, 0.2) is 0 Å². The zero-order chi connectivity index (χ0) is 23.9. The Bertz CT molecular complexity index is 1040. The molecule has 0 saturated heterocycles. The molecule has 0 atom stereocenters. The number of carbonyl (C=O) groups excluding carboxylic acids is 1. The van der Waals surface area contributed by atoms with Crippen LogP contribution in [-0.2, 0) is 4.79 Å². The fourth-order valence-electron chi connectivity index (χ4n) is 3.10. The summed E-state index contributed by atoms with van der Waals surface area (Å²) in [6, 6.07) is 11.9. The number of allylic oxidation sites excluding steroid dienone is 3. The van der Waals surface area contributed by atoms with Gasteiger partial charge < -0.3 is 15.5 Å². The minimum absolute atomic E-state index is 0.108. The van der Waals surface area contributed by atoms with E-state index in [1.165, 1.54) is 6.92 Å². The number of fused-ring (bicyclic) bond motifs is 1. The van der Waals surface area contributed by atoms with Crippen LogP contribution in [0, 0.1) is 0 Å². The van der Waals surface area contributed by atoms with Crippen molar-refractivity contribution in [2.45, 2.75) is 31.8 Å². The van der Waals surface area contributed by atoms with E-state index < -0.39 is 11.9 Å². The van der Waals surface area contributed by atoms with Gasteiger partial charge >= 0.3 is 6.18 Å². The highest BCUT2D eigenvalue weighted by Gasteiger charge is 2.37. The Kier molecular flexibility index (Phi) is 8.83. The molecule has 0 spiro atoms. The second-order valence-electron chi connectivity index (χ2n) is 6.94. The number of benzene rings is 2. The highest BCUT2D eigenvalue weighted by molar-refractivity contribution is 7.99. The van der Waals surface area contributed by atoms with Crippen LogP contribution < -0.4 is 10.6 Å². The summed E-state index contributed by atoms with van der Waals surface area (Å²) in [7, 11) is 1.62. The molecule has 0 aliphatic carbocycles. The summed E-state index contributed by atoms with van der Waals surface area (Å²) < 4.78 is 41.1. The molecule has 0 radical (unpaired) electrons. The number of rotatable bonds is 10. The average Bonchev–Trinajstić information content (AvgIpc) is 2.76. The van der Waals surface area contributed by atoms with Crippen LogP contribution in [0.25, 0.3) is 16.5 Å². The van der Waals surface area contributed by atoms with Gasteiger partial charge in [0.2, 0.25) is 6.41 Å². The maximum atomic E-state index is 13.7. The van der Waals surface area contributed by atoms with Crippen molar-refractivity contribution in [3.05, 3.63) is 71.7 Å². The summed E-state index contributed by atoms with van der Waals surface area (Å²) in [4.78, 5) is 12.8. The third-order valence-corrected chi connectivity index (χ3v) is 5.82. The molecule has 2 N–H and O–H groups in total. The largest absolute Gasteiger partial charge is 0.431 e. The molecule has 172 valence electrons. The number of hydrogen-bond donors (Lipinski definition) is 2. The van der Waals surface area contributed by atoms with Crippen molar-refractivity contribution in [3.8, 4) is 0 Å². The molecule has 0 heterocycles. The van der Waals surface area contributed by atoms with Gasteiger partial charge in [-0.2, -0.15) is 13.2 Å². The number of alkyl halides is 3. The predicted octanol–water partition coefficient (Wildman–Crippen LogP) is 5.89. The Hall–Kier alpha value is -2.87. The average molecular weight is 464 g/mol. The lowest BCUT2D eigenvalue weighted by molar-refractivity contribution is -0.131. The summed E-state index contributed by atoms with van der Waals surface area (Å²) in [5.41, 5.74) is 0.859. The van der Waals surface area contributed by atoms with Crippen LogP contribution in [0.2, 0.25) is 0 Å². The van der Waals surface area contributed by atoms with E-state index in [9.17, 15) is 18.0 Å². The number of hydrogen-bond acceptors (Lipinski definition) is 4. The summed E-state index contributed by atoms with van der Waals surface area (Å²) in [5, 5.41) is 8.00. The van der Waals surface area contributed by atoms with Crippen LogP contribution in [0.1, 0.15) is 26.3 Å². The normalized spacial score (nSPS) is 12.9. The maximum absolute atomic E-state index is 13.7. The quantitative estimate of drug-likeness (QED) is 0.262. The monoisotopic (exact) mass is 463 g/mol. The number of amides is 1. The van der Waals surface area contributed by atoms with Gasteiger partial charge in [-0.3, -0.25) is 4.79 Å². The van der Waals surface area contributed by atoms with Gasteiger partial charge in [-0.05, 0) is 48.6 Å². The molecular weight excluding hydrogens is 435 g/mol. The molecule has 0 fully saturated rings. The molecule has 2 aromatic carbocycles. The van der Waals surface area contributed by atoms with E-state index in [-0.39, 0.29) is 18.7 Å². The molecule has 4 nitrogen and oxygen atoms in total. The van der Waals surface area contributed by atoms with Crippen LogP contribution in [0.15, 0.2) is 71.0 Å². The van der Waals surface area contributed by atoms with Gasteiger partial charge in [0.1, 0.15) is 5.70 Å². The second-order valence-corrected chi connectivity index (χ2v) is 8.25. The Morgan fingerprint density at radius 2 is 1.81 bits per heavy atom. The summed E-state index contributed by atoms with van der Waals surface area (Å²) >= 11 is 1.63. The Morgan fingerprint density at radius 3 is 2.31 bits per heavy atom. The van der Waals surface area contributed by atoms with Crippen LogP contribution in [-0.4, -0.2) is 36.8 Å². The smallest absolute Gasteiger partial charge is 0.390 e. The molecule has 0 aliphatic rings. The zero-order valence-corrected chi connectivity index (χ0v) is 19.5. The van der Waals surface area contributed by atoms with E-state index in [0.717, 1.165) is 33.1 Å². The summed E-state index contributed by atoms with van der Waals surface area (Å²) in [6.07, 6.45) is -3.59. The van der Waals surface area contributed by atoms with Crippen molar-refractivity contribution in [2.75, 3.05) is 19.3 Å². The van der Waals surface area contributed by atoms with E-state index in [1.807, 2.05) is 37.3 Å². The first kappa shape index (κ1) is 25.4. The van der Waals surface area contributed by atoms with Crippen molar-refractivity contribution in [2.24, 2.45) is 0 Å². The number of nitrogens with zero attached hydrogens (tertiary/aromatic N) is 1. The van der Waals surface area contributed by atoms with Gasteiger partial charge in [-0.1, -0.05) is 37.8 Å². The highest BCUT2D eigenvalue weighted by atomic mass is 32.2. The standard InChI is InChI=1S/C24H28F3N3OS/c1-6-30(15-31)23(24(25,26)27)14-21(17(4)28-5)29-16(3)20-12-18-10-8-9-11-19(18)13-22(20)32-7-2/h8-15,28-29H,3,6-7H2,1-2,4-5H3/b21-17-,23-14-.